The Morgan fingerprint density at radius 1 is 1.03 bits per heavy atom. The molecule has 172 valence electrons. The number of benzene rings is 2. The number of halogens is 1. The molecule has 3 aromatic rings. The predicted molar refractivity (Wildman–Crippen MR) is 136 cm³/mol. The molecule has 0 aliphatic carbocycles. The van der Waals surface area contributed by atoms with Gasteiger partial charge in [-0.15, -0.1) is 11.8 Å². The number of rotatable bonds is 11. The highest BCUT2D eigenvalue weighted by Gasteiger charge is 2.21. The lowest BCUT2D eigenvalue weighted by atomic mass is 10.1. The van der Waals surface area contributed by atoms with Crippen molar-refractivity contribution in [3.63, 3.8) is 0 Å². The number of carbonyl (C=O) groups excluding carboxylic acids is 1. The highest BCUT2D eigenvalue weighted by Crippen LogP contribution is 2.33. The Hall–Kier alpha value is -1.96. The third-order valence-electron chi connectivity index (χ3n) is 5.61. The SMILES string of the molecule is CCN(CC)CCN(C(=O)CCCSc1ccc(F)cc1)c1nc2c(C)ccc(C)c2s1. The van der Waals surface area contributed by atoms with Crippen LogP contribution in [0.3, 0.4) is 0 Å². The van der Waals surface area contributed by atoms with E-state index in [1.54, 1.807) is 35.2 Å². The van der Waals surface area contributed by atoms with E-state index in [0.29, 0.717) is 13.0 Å². The van der Waals surface area contributed by atoms with Crippen molar-refractivity contribution in [1.82, 2.24) is 9.88 Å². The summed E-state index contributed by atoms with van der Waals surface area (Å²) in [5.74, 6) is 0.708. The van der Waals surface area contributed by atoms with Gasteiger partial charge in [0.15, 0.2) is 5.13 Å². The summed E-state index contributed by atoms with van der Waals surface area (Å²) in [5.41, 5.74) is 3.33. The predicted octanol–water partition coefficient (Wildman–Crippen LogP) is 6.30. The quantitative estimate of drug-likeness (QED) is 0.242. The molecule has 1 heterocycles. The van der Waals surface area contributed by atoms with Crippen molar-refractivity contribution in [2.24, 2.45) is 0 Å². The summed E-state index contributed by atoms with van der Waals surface area (Å²) in [6.45, 7) is 11.9. The monoisotopic (exact) mass is 473 g/mol. The summed E-state index contributed by atoms with van der Waals surface area (Å²) in [6, 6.07) is 10.7. The van der Waals surface area contributed by atoms with Gasteiger partial charge in [0, 0.05) is 24.4 Å². The zero-order chi connectivity index (χ0) is 23.1. The first kappa shape index (κ1) is 24.7. The maximum absolute atomic E-state index is 13.3. The van der Waals surface area contributed by atoms with E-state index in [4.69, 9.17) is 4.98 Å². The smallest absolute Gasteiger partial charge is 0.228 e. The Morgan fingerprint density at radius 3 is 2.38 bits per heavy atom. The molecule has 0 atom stereocenters. The first-order valence-corrected chi connectivity index (χ1v) is 13.0. The lowest BCUT2D eigenvalue weighted by Gasteiger charge is -2.24. The van der Waals surface area contributed by atoms with Crippen LogP contribution in [-0.4, -0.2) is 47.7 Å². The van der Waals surface area contributed by atoms with Crippen molar-refractivity contribution in [2.45, 2.75) is 45.4 Å². The number of thioether (sulfide) groups is 1. The van der Waals surface area contributed by atoms with Crippen molar-refractivity contribution in [3.8, 4) is 0 Å². The molecular weight excluding hydrogens is 441 g/mol. The molecule has 7 heteroatoms. The molecule has 0 radical (unpaired) electrons. The Bertz CT molecular complexity index is 993. The molecule has 0 saturated carbocycles. The number of hydrogen-bond acceptors (Lipinski definition) is 5. The van der Waals surface area contributed by atoms with Gasteiger partial charge in [0.1, 0.15) is 5.82 Å². The van der Waals surface area contributed by atoms with E-state index in [9.17, 15) is 9.18 Å². The van der Waals surface area contributed by atoms with E-state index in [1.165, 1.54) is 17.7 Å². The van der Waals surface area contributed by atoms with E-state index >= 15 is 0 Å². The van der Waals surface area contributed by atoms with E-state index in [1.807, 2.05) is 4.90 Å². The average Bonchev–Trinajstić information content (AvgIpc) is 3.24. The second kappa shape index (κ2) is 11.8. The van der Waals surface area contributed by atoms with Crippen LogP contribution in [0, 0.1) is 19.7 Å². The van der Waals surface area contributed by atoms with Gasteiger partial charge in [0.05, 0.1) is 10.2 Å². The van der Waals surface area contributed by atoms with Gasteiger partial charge in [-0.2, -0.15) is 0 Å². The molecule has 0 spiro atoms. The van der Waals surface area contributed by atoms with Crippen LogP contribution in [0.25, 0.3) is 10.2 Å². The van der Waals surface area contributed by atoms with Gasteiger partial charge in [0.25, 0.3) is 0 Å². The Morgan fingerprint density at radius 2 is 1.72 bits per heavy atom. The molecule has 1 amide bonds. The van der Waals surface area contributed by atoms with Crippen LogP contribution in [0.15, 0.2) is 41.3 Å². The van der Waals surface area contributed by atoms with Crippen LogP contribution >= 0.6 is 23.1 Å². The zero-order valence-corrected chi connectivity index (χ0v) is 21.0. The normalized spacial score (nSPS) is 11.4. The third kappa shape index (κ3) is 6.30. The summed E-state index contributed by atoms with van der Waals surface area (Å²) in [7, 11) is 0. The average molecular weight is 474 g/mol. The minimum absolute atomic E-state index is 0.117. The first-order chi connectivity index (χ1) is 15.4. The highest BCUT2D eigenvalue weighted by atomic mass is 32.2. The summed E-state index contributed by atoms with van der Waals surface area (Å²) < 4.78 is 14.2. The van der Waals surface area contributed by atoms with E-state index < -0.39 is 0 Å². The minimum atomic E-state index is -0.227. The van der Waals surface area contributed by atoms with Gasteiger partial charge < -0.3 is 4.90 Å². The maximum atomic E-state index is 13.3. The number of fused-ring (bicyclic) bond motifs is 1. The Labute approximate surface area is 198 Å². The lowest BCUT2D eigenvalue weighted by Crippen LogP contribution is -2.38. The van der Waals surface area contributed by atoms with Gasteiger partial charge in [-0.1, -0.05) is 37.3 Å². The van der Waals surface area contributed by atoms with Crippen molar-refractivity contribution in [3.05, 3.63) is 53.3 Å². The molecule has 3 rings (SSSR count). The van der Waals surface area contributed by atoms with Gasteiger partial charge in [0.2, 0.25) is 5.91 Å². The van der Waals surface area contributed by atoms with Crippen LogP contribution in [0.4, 0.5) is 9.52 Å². The molecule has 2 aromatic carbocycles. The Balaban J connectivity index is 1.70. The molecule has 0 fully saturated rings. The maximum Gasteiger partial charge on any atom is 0.228 e. The molecule has 0 saturated heterocycles. The largest absolute Gasteiger partial charge is 0.302 e. The summed E-state index contributed by atoms with van der Waals surface area (Å²) >= 11 is 3.27. The molecule has 0 bridgehead atoms. The molecular formula is C25H32FN3OS2. The van der Waals surface area contributed by atoms with Crippen molar-refractivity contribution < 1.29 is 9.18 Å². The number of amides is 1. The van der Waals surface area contributed by atoms with Gasteiger partial charge in [-0.3, -0.25) is 9.69 Å². The van der Waals surface area contributed by atoms with Crippen molar-refractivity contribution in [2.75, 3.05) is 36.8 Å². The number of hydrogen-bond donors (Lipinski definition) is 0. The van der Waals surface area contributed by atoms with Crippen LogP contribution < -0.4 is 4.90 Å². The number of nitrogens with zero attached hydrogens (tertiary/aromatic N) is 3. The van der Waals surface area contributed by atoms with E-state index in [0.717, 1.165) is 57.6 Å². The fourth-order valence-corrected chi connectivity index (χ4v) is 5.56. The standard InChI is InChI=1S/C25H32FN3OS2/c1-5-28(6-2)15-16-29(25-27-23-18(3)9-10-19(4)24(23)32-25)22(30)8-7-17-31-21-13-11-20(26)12-14-21/h9-14H,5-8,15-17H2,1-4H3. The molecule has 32 heavy (non-hydrogen) atoms. The number of aryl methyl sites for hydroxylation is 2. The topological polar surface area (TPSA) is 36.4 Å². The van der Waals surface area contributed by atoms with Crippen molar-refractivity contribution in [1.29, 1.82) is 0 Å². The Kier molecular flexibility index (Phi) is 9.08. The number of anilines is 1. The molecule has 0 aliphatic rings. The fraction of sp³-hybridized carbons (Fsp3) is 0.440. The number of thiazole rings is 1. The molecule has 4 nitrogen and oxygen atoms in total. The van der Waals surface area contributed by atoms with E-state index in [2.05, 4.69) is 44.7 Å². The van der Waals surface area contributed by atoms with Gasteiger partial charge in [-0.25, -0.2) is 9.37 Å². The molecule has 0 aliphatic heterocycles. The molecule has 1 aromatic heterocycles. The van der Waals surface area contributed by atoms with Gasteiger partial charge >= 0.3 is 0 Å². The lowest BCUT2D eigenvalue weighted by molar-refractivity contribution is -0.118. The van der Waals surface area contributed by atoms with Crippen LogP contribution in [-0.2, 0) is 4.79 Å². The summed E-state index contributed by atoms with van der Waals surface area (Å²) in [6.07, 6.45) is 1.24. The van der Waals surface area contributed by atoms with Gasteiger partial charge in [-0.05, 0) is 74.5 Å². The number of aromatic nitrogens is 1. The summed E-state index contributed by atoms with van der Waals surface area (Å²) in [4.78, 5) is 23.4. The van der Waals surface area contributed by atoms with Crippen LogP contribution in [0.5, 0.6) is 0 Å². The minimum Gasteiger partial charge on any atom is -0.302 e. The molecule has 0 N–H and O–H groups in total. The summed E-state index contributed by atoms with van der Waals surface area (Å²) in [5, 5.41) is 0.792. The first-order valence-electron chi connectivity index (χ1n) is 11.2. The second-order valence-corrected chi connectivity index (χ2v) is 10.00. The zero-order valence-electron chi connectivity index (χ0n) is 19.4. The van der Waals surface area contributed by atoms with Crippen molar-refractivity contribution >= 4 is 44.4 Å². The number of likely N-dealkylation sites (N-methyl/N-ethyl adjacent to an activating group) is 1. The van der Waals surface area contributed by atoms with Crippen LogP contribution in [0.2, 0.25) is 0 Å². The van der Waals surface area contributed by atoms with E-state index in [-0.39, 0.29) is 11.7 Å². The highest BCUT2D eigenvalue weighted by molar-refractivity contribution is 7.99. The second-order valence-electron chi connectivity index (χ2n) is 7.85. The van der Waals surface area contributed by atoms with Crippen LogP contribution in [0.1, 0.15) is 37.8 Å². The molecule has 0 unspecified atom stereocenters. The fourth-order valence-electron chi connectivity index (χ4n) is 3.55. The number of carbonyl (C=O) groups is 1. The third-order valence-corrected chi connectivity index (χ3v) is 7.93.